The molecule has 3 unspecified atom stereocenters. The molecule has 0 aromatic rings. The second kappa shape index (κ2) is 5.21. The highest BCUT2D eigenvalue weighted by Crippen LogP contribution is 2.49. The molecule has 96 valence electrons. The van der Waals surface area contributed by atoms with Crippen molar-refractivity contribution in [3.63, 3.8) is 0 Å². The molecule has 3 atom stereocenters. The van der Waals surface area contributed by atoms with Gasteiger partial charge in [-0.25, -0.2) is 4.79 Å². The Morgan fingerprint density at radius 1 is 1.47 bits per heavy atom. The molecular weight excluding hydrogens is 216 g/mol. The van der Waals surface area contributed by atoms with Gasteiger partial charge in [0.05, 0.1) is 19.3 Å². The van der Waals surface area contributed by atoms with Gasteiger partial charge in [0, 0.05) is 12.0 Å². The van der Waals surface area contributed by atoms with Crippen molar-refractivity contribution in [3.05, 3.63) is 11.6 Å². The molecule has 0 N–H and O–H groups in total. The first kappa shape index (κ1) is 12.6. The molecular formula is C14H22O3. The summed E-state index contributed by atoms with van der Waals surface area (Å²) < 4.78 is 10.9. The van der Waals surface area contributed by atoms with Gasteiger partial charge < -0.3 is 9.47 Å². The summed E-state index contributed by atoms with van der Waals surface area (Å²) in [6, 6.07) is 0. The smallest absolute Gasteiger partial charge is 0.333 e. The predicted octanol–water partition coefficient (Wildman–Crippen LogP) is 2.70. The second-order valence-electron chi connectivity index (χ2n) is 5.06. The zero-order chi connectivity index (χ0) is 12.4. The third-order valence-corrected chi connectivity index (χ3v) is 3.93. The molecule has 0 saturated heterocycles. The van der Waals surface area contributed by atoms with E-state index in [0.717, 1.165) is 24.8 Å². The number of carbonyl (C=O) groups excluding carboxylic acids is 1. The van der Waals surface area contributed by atoms with Crippen LogP contribution in [0.15, 0.2) is 11.6 Å². The van der Waals surface area contributed by atoms with Gasteiger partial charge in [0.2, 0.25) is 0 Å². The van der Waals surface area contributed by atoms with E-state index >= 15 is 0 Å². The summed E-state index contributed by atoms with van der Waals surface area (Å²) in [5.74, 6) is 1.01. The molecule has 0 aromatic heterocycles. The highest BCUT2D eigenvalue weighted by atomic mass is 16.5. The van der Waals surface area contributed by atoms with Crippen LogP contribution < -0.4 is 0 Å². The Hall–Kier alpha value is -0.830. The van der Waals surface area contributed by atoms with E-state index in [4.69, 9.17) is 9.47 Å². The van der Waals surface area contributed by atoms with Gasteiger partial charge in [-0.2, -0.15) is 0 Å². The first-order valence-corrected chi connectivity index (χ1v) is 6.64. The Balaban J connectivity index is 1.98. The lowest BCUT2D eigenvalue weighted by atomic mass is 9.96. The monoisotopic (exact) mass is 238 g/mol. The largest absolute Gasteiger partial charge is 0.466 e. The van der Waals surface area contributed by atoms with Crippen LogP contribution in [-0.4, -0.2) is 25.3 Å². The molecule has 2 aliphatic rings. The lowest BCUT2D eigenvalue weighted by molar-refractivity contribution is -0.137. The molecule has 2 rings (SSSR count). The zero-order valence-corrected chi connectivity index (χ0v) is 10.9. The molecule has 3 nitrogen and oxygen atoms in total. The standard InChI is InChI=1S/C14H22O3/c1-4-11(5-2)17-13-8-10(14(15)16-3)6-9-7-12(9)13/h6,9,11-13H,4-5,7-8H2,1-3H3. The van der Waals surface area contributed by atoms with Crippen molar-refractivity contribution in [1.82, 2.24) is 0 Å². The number of ether oxygens (including phenoxy) is 2. The van der Waals surface area contributed by atoms with E-state index in [9.17, 15) is 4.79 Å². The van der Waals surface area contributed by atoms with Crippen LogP contribution in [0.5, 0.6) is 0 Å². The summed E-state index contributed by atoms with van der Waals surface area (Å²) in [7, 11) is 1.44. The van der Waals surface area contributed by atoms with E-state index < -0.39 is 0 Å². The van der Waals surface area contributed by atoms with Gasteiger partial charge >= 0.3 is 5.97 Å². The van der Waals surface area contributed by atoms with E-state index in [2.05, 4.69) is 19.9 Å². The molecule has 0 aromatic carbocycles. The van der Waals surface area contributed by atoms with Crippen molar-refractivity contribution in [3.8, 4) is 0 Å². The van der Waals surface area contributed by atoms with Gasteiger partial charge in [-0.15, -0.1) is 0 Å². The third kappa shape index (κ3) is 2.71. The molecule has 3 heteroatoms. The minimum atomic E-state index is -0.187. The second-order valence-corrected chi connectivity index (χ2v) is 5.06. The van der Waals surface area contributed by atoms with Crippen molar-refractivity contribution in [2.45, 2.75) is 51.7 Å². The Labute approximate surface area is 103 Å². The fourth-order valence-electron chi connectivity index (χ4n) is 2.71. The molecule has 17 heavy (non-hydrogen) atoms. The highest BCUT2D eigenvalue weighted by Gasteiger charge is 2.47. The number of methoxy groups -OCH3 is 1. The molecule has 0 bridgehead atoms. The number of hydrogen-bond acceptors (Lipinski definition) is 3. The van der Waals surface area contributed by atoms with E-state index in [-0.39, 0.29) is 12.1 Å². The van der Waals surface area contributed by atoms with Crippen molar-refractivity contribution in [1.29, 1.82) is 0 Å². The van der Waals surface area contributed by atoms with Crippen LogP contribution in [0.25, 0.3) is 0 Å². The molecule has 0 aliphatic heterocycles. The SMILES string of the molecule is CCC(CC)OC1CC(C(=O)OC)=CC2CC21. The highest BCUT2D eigenvalue weighted by molar-refractivity contribution is 5.88. The average Bonchev–Trinajstić information content (AvgIpc) is 3.13. The van der Waals surface area contributed by atoms with Gasteiger partial charge in [0.1, 0.15) is 0 Å². The Bertz CT molecular complexity index is 317. The van der Waals surface area contributed by atoms with Crippen molar-refractivity contribution < 1.29 is 14.3 Å². The maximum Gasteiger partial charge on any atom is 0.333 e. The number of hydrogen-bond donors (Lipinski definition) is 0. The van der Waals surface area contributed by atoms with Gasteiger partial charge in [-0.3, -0.25) is 0 Å². The Morgan fingerprint density at radius 2 is 2.18 bits per heavy atom. The number of allylic oxidation sites excluding steroid dienone is 1. The van der Waals surface area contributed by atoms with Gasteiger partial charge in [-0.05, 0) is 31.1 Å². The van der Waals surface area contributed by atoms with Crippen LogP contribution >= 0.6 is 0 Å². The fourth-order valence-corrected chi connectivity index (χ4v) is 2.71. The Kier molecular flexibility index (Phi) is 3.87. The zero-order valence-electron chi connectivity index (χ0n) is 10.9. The molecule has 0 radical (unpaired) electrons. The lowest BCUT2D eigenvalue weighted by Crippen LogP contribution is -2.28. The summed E-state index contributed by atoms with van der Waals surface area (Å²) in [4.78, 5) is 11.6. The summed E-state index contributed by atoms with van der Waals surface area (Å²) in [5, 5.41) is 0. The minimum Gasteiger partial charge on any atom is -0.466 e. The van der Waals surface area contributed by atoms with Crippen molar-refractivity contribution in [2.75, 3.05) is 7.11 Å². The first-order valence-electron chi connectivity index (χ1n) is 6.64. The minimum absolute atomic E-state index is 0.187. The molecule has 1 fully saturated rings. The molecule has 0 amide bonds. The fraction of sp³-hybridized carbons (Fsp3) is 0.786. The maximum absolute atomic E-state index is 11.6. The van der Waals surface area contributed by atoms with E-state index in [1.165, 1.54) is 13.5 Å². The van der Waals surface area contributed by atoms with Gasteiger partial charge in [-0.1, -0.05) is 19.9 Å². The van der Waals surface area contributed by atoms with Crippen LogP contribution in [0.2, 0.25) is 0 Å². The summed E-state index contributed by atoms with van der Waals surface area (Å²) in [6.45, 7) is 4.30. The van der Waals surface area contributed by atoms with Crippen LogP contribution in [0.4, 0.5) is 0 Å². The average molecular weight is 238 g/mol. The summed E-state index contributed by atoms with van der Waals surface area (Å²) >= 11 is 0. The van der Waals surface area contributed by atoms with Crippen LogP contribution in [0, 0.1) is 11.8 Å². The Morgan fingerprint density at radius 3 is 2.76 bits per heavy atom. The van der Waals surface area contributed by atoms with Crippen molar-refractivity contribution in [2.24, 2.45) is 11.8 Å². The van der Waals surface area contributed by atoms with Crippen LogP contribution in [0.3, 0.4) is 0 Å². The normalized spacial score (nSPS) is 30.8. The lowest BCUT2D eigenvalue weighted by Gasteiger charge is -2.26. The maximum atomic E-state index is 11.6. The third-order valence-electron chi connectivity index (χ3n) is 3.93. The summed E-state index contributed by atoms with van der Waals surface area (Å²) in [6.07, 6.45) is 6.63. The number of esters is 1. The van der Waals surface area contributed by atoms with E-state index in [1.54, 1.807) is 0 Å². The quantitative estimate of drug-likeness (QED) is 0.691. The predicted molar refractivity (Wildman–Crippen MR) is 65.6 cm³/mol. The molecule has 0 spiro atoms. The van der Waals surface area contributed by atoms with Crippen LogP contribution in [0.1, 0.15) is 39.5 Å². The van der Waals surface area contributed by atoms with Crippen molar-refractivity contribution >= 4 is 5.97 Å². The van der Waals surface area contributed by atoms with Gasteiger partial charge in [0.25, 0.3) is 0 Å². The number of carbonyl (C=O) groups is 1. The molecule has 0 heterocycles. The number of fused-ring (bicyclic) bond motifs is 1. The van der Waals surface area contributed by atoms with E-state index in [0.29, 0.717) is 17.9 Å². The van der Waals surface area contributed by atoms with Gasteiger partial charge in [0.15, 0.2) is 0 Å². The first-order chi connectivity index (χ1) is 8.19. The number of rotatable bonds is 5. The topological polar surface area (TPSA) is 35.5 Å². The van der Waals surface area contributed by atoms with E-state index in [1.807, 2.05) is 0 Å². The molecule has 1 saturated carbocycles. The van der Waals surface area contributed by atoms with Crippen LogP contribution in [-0.2, 0) is 14.3 Å². The molecule has 2 aliphatic carbocycles. The summed E-state index contributed by atoms with van der Waals surface area (Å²) in [5.41, 5.74) is 0.808.